The van der Waals surface area contributed by atoms with E-state index in [0.717, 1.165) is 24.4 Å². The number of pyridine rings is 1. The Kier molecular flexibility index (Phi) is 5.69. The Morgan fingerprint density at radius 2 is 1.90 bits per heavy atom. The van der Waals surface area contributed by atoms with Crippen molar-refractivity contribution in [3.8, 4) is 0 Å². The minimum atomic E-state index is 0.315. The minimum Gasteiger partial charge on any atom is -0.360 e. The molecule has 0 saturated carbocycles. The van der Waals surface area contributed by atoms with Crippen molar-refractivity contribution < 1.29 is 0 Å². The molecule has 3 nitrogen and oxygen atoms in total. The third-order valence-electron chi connectivity index (χ3n) is 3.22. The van der Waals surface area contributed by atoms with Crippen molar-refractivity contribution in [2.24, 2.45) is 0 Å². The first-order chi connectivity index (χ1) is 10.1. The van der Waals surface area contributed by atoms with Crippen LogP contribution in [0, 0.1) is 6.92 Å². The first-order valence-electron chi connectivity index (χ1n) is 7.18. The van der Waals surface area contributed by atoms with Gasteiger partial charge in [-0.25, -0.2) is 4.98 Å². The lowest BCUT2D eigenvalue weighted by Gasteiger charge is -2.16. The summed E-state index contributed by atoms with van der Waals surface area (Å²) < 4.78 is 0. The first-order valence-corrected chi connectivity index (χ1v) is 7.59. The van der Waals surface area contributed by atoms with Crippen molar-refractivity contribution in [3.05, 3.63) is 59.8 Å². The number of hydrogen-bond donors (Lipinski definition) is 2. The molecule has 1 aromatic heterocycles. The second kappa shape index (κ2) is 7.74. The molecule has 1 aromatic carbocycles. The van der Waals surface area contributed by atoms with E-state index in [-0.39, 0.29) is 0 Å². The SMILES string of the molecule is Cc1cccc(NC(=S)N[C@@H](C)CCc2ccccc2)n1. The molecule has 0 saturated heterocycles. The highest BCUT2D eigenvalue weighted by molar-refractivity contribution is 7.80. The van der Waals surface area contributed by atoms with Crippen LogP contribution in [-0.4, -0.2) is 16.1 Å². The van der Waals surface area contributed by atoms with Gasteiger partial charge in [0, 0.05) is 11.7 Å². The Labute approximate surface area is 131 Å². The van der Waals surface area contributed by atoms with Crippen LogP contribution in [0.25, 0.3) is 0 Å². The third-order valence-corrected chi connectivity index (χ3v) is 3.44. The second-order valence-electron chi connectivity index (χ2n) is 5.19. The summed E-state index contributed by atoms with van der Waals surface area (Å²) in [6.45, 7) is 4.10. The predicted molar refractivity (Wildman–Crippen MR) is 92.6 cm³/mol. The van der Waals surface area contributed by atoms with Crippen LogP contribution < -0.4 is 10.6 Å². The molecule has 0 aliphatic heterocycles. The summed E-state index contributed by atoms with van der Waals surface area (Å²) in [6, 6.07) is 16.6. The fourth-order valence-electron chi connectivity index (χ4n) is 2.09. The van der Waals surface area contributed by atoms with E-state index in [1.54, 1.807) is 0 Å². The van der Waals surface area contributed by atoms with Gasteiger partial charge in [-0.1, -0.05) is 36.4 Å². The van der Waals surface area contributed by atoms with Crippen LogP contribution in [0.4, 0.5) is 5.82 Å². The molecule has 0 unspecified atom stereocenters. The van der Waals surface area contributed by atoms with Gasteiger partial charge < -0.3 is 10.6 Å². The fraction of sp³-hybridized carbons (Fsp3) is 0.294. The molecule has 1 heterocycles. The van der Waals surface area contributed by atoms with Gasteiger partial charge in [0.25, 0.3) is 0 Å². The van der Waals surface area contributed by atoms with Crippen molar-refractivity contribution in [3.63, 3.8) is 0 Å². The highest BCUT2D eigenvalue weighted by Crippen LogP contribution is 2.06. The summed E-state index contributed by atoms with van der Waals surface area (Å²) in [7, 11) is 0. The molecular weight excluding hydrogens is 278 g/mol. The zero-order chi connectivity index (χ0) is 15.1. The first kappa shape index (κ1) is 15.4. The number of thiocarbonyl (C=S) groups is 1. The van der Waals surface area contributed by atoms with Crippen LogP contribution in [0.5, 0.6) is 0 Å². The van der Waals surface area contributed by atoms with E-state index in [4.69, 9.17) is 12.2 Å². The Morgan fingerprint density at radius 1 is 1.14 bits per heavy atom. The number of rotatable bonds is 5. The topological polar surface area (TPSA) is 37.0 Å². The molecule has 2 rings (SSSR count). The summed E-state index contributed by atoms with van der Waals surface area (Å²) in [6.07, 6.45) is 2.08. The van der Waals surface area contributed by atoms with Crippen LogP contribution in [-0.2, 0) is 6.42 Å². The van der Waals surface area contributed by atoms with Crippen molar-refractivity contribution in [2.45, 2.75) is 32.7 Å². The zero-order valence-corrected chi connectivity index (χ0v) is 13.3. The van der Waals surface area contributed by atoms with Gasteiger partial charge in [0.1, 0.15) is 5.82 Å². The maximum absolute atomic E-state index is 5.32. The van der Waals surface area contributed by atoms with Crippen molar-refractivity contribution in [1.29, 1.82) is 0 Å². The molecular formula is C17H21N3S. The van der Waals surface area contributed by atoms with Gasteiger partial charge in [-0.3, -0.25) is 0 Å². The molecule has 0 aliphatic carbocycles. The Hall–Kier alpha value is -1.94. The molecule has 21 heavy (non-hydrogen) atoms. The standard InChI is InChI=1S/C17H21N3S/c1-13-7-6-10-16(18-13)20-17(21)19-14(2)11-12-15-8-4-3-5-9-15/h3-10,14H,11-12H2,1-2H3,(H2,18,19,20,21)/t14-/m0/s1. The maximum atomic E-state index is 5.32. The molecule has 2 aromatic rings. The summed E-state index contributed by atoms with van der Waals surface area (Å²) in [5.41, 5.74) is 2.32. The largest absolute Gasteiger partial charge is 0.360 e. The number of anilines is 1. The number of nitrogens with one attached hydrogen (secondary N) is 2. The Balaban J connectivity index is 1.77. The summed E-state index contributed by atoms with van der Waals surface area (Å²) in [5, 5.41) is 7.04. The molecule has 0 amide bonds. The van der Waals surface area contributed by atoms with Crippen LogP contribution >= 0.6 is 12.2 Å². The Bertz CT molecular complexity index is 584. The lowest BCUT2D eigenvalue weighted by molar-refractivity contribution is 0.609. The van der Waals surface area contributed by atoms with E-state index in [0.29, 0.717) is 11.2 Å². The molecule has 4 heteroatoms. The van der Waals surface area contributed by atoms with E-state index < -0.39 is 0 Å². The maximum Gasteiger partial charge on any atom is 0.172 e. The molecule has 0 radical (unpaired) electrons. The zero-order valence-electron chi connectivity index (χ0n) is 12.5. The normalized spacial score (nSPS) is 11.7. The van der Waals surface area contributed by atoms with Gasteiger partial charge in [0.05, 0.1) is 0 Å². The van der Waals surface area contributed by atoms with E-state index in [2.05, 4.69) is 46.8 Å². The van der Waals surface area contributed by atoms with Crippen LogP contribution in [0.3, 0.4) is 0 Å². The summed E-state index contributed by atoms with van der Waals surface area (Å²) in [5.74, 6) is 0.780. The number of nitrogens with zero attached hydrogens (tertiary/aromatic N) is 1. The molecule has 1 atom stereocenters. The van der Waals surface area contributed by atoms with E-state index in [1.165, 1.54) is 5.56 Å². The highest BCUT2D eigenvalue weighted by atomic mass is 32.1. The van der Waals surface area contributed by atoms with Gasteiger partial charge in [0.15, 0.2) is 5.11 Å². The smallest absolute Gasteiger partial charge is 0.172 e. The highest BCUT2D eigenvalue weighted by Gasteiger charge is 2.05. The number of benzene rings is 1. The average Bonchev–Trinajstić information content (AvgIpc) is 2.46. The molecule has 110 valence electrons. The predicted octanol–water partition coefficient (Wildman–Crippen LogP) is 3.70. The van der Waals surface area contributed by atoms with Gasteiger partial charge in [-0.2, -0.15) is 0 Å². The quantitative estimate of drug-likeness (QED) is 0.826. The second-order valence-corrected chi connectivity index (χ2v) is 5.60. The van der Waals surface area contributed by atoms with Crippen molar-refractivity contribution in [2.75, 3.05) is 5.32 Å². The molecule has 0 bridgehead atoms. The molecule has 2 N–H and O–H groups in total. The number of aromatic nitrogens is 1. The molecule has 0 aliphatic rings. The minimum absolute atomic E-state index is 0.315. The third kappa shape index (κ3) is 5.52. The Morgan fingerprint density at radius 3 is 2.62 bits per heavy atom. The molecule has 0 spiro atoms. The van der Waals surface area contributed by atoms with E-state index >= 15 is 0 Å². The van der Waals surface area contributed by atoms with Gasteiger partial charge in [0.2, 0.25) is 0 Å². The lowest BCUT2D eigenvalue weighted by atomic mass is 10.1. The summed E-state index contributed by atoms with van der Waals surface area (Å²) in [4.78, 5) is 4.38. The monoisotopic (exact) mass is 299 g/mol. The van der Waals surface area contributed by atoms with Crippen LogP contribution in [0.1, 0.15) is 24.6 Å². The van der Waals surface area contributed by atoms with Crippen molar-refractivity contribution >= 4 is 23.1 Å². The number of hydrogen-bond acceptors (Lipinski definition) is 2. The average molecular weight is 299 g/mol. The van der Waals surface area contributed by atoms with Gasteiger partial charge >= 0.3 is 0 Å². The lowest BCUT2D eigenvalue weighted by Crippen LogP contribution is -2.36. The van der Waals surface area contributed by atoms with Crippen LogP contribution in [0.15, 0.2) is 48.5 Å². The van der Waals surface area contributed by atoms with Crippen molar-refractivity contribution in [1.82, 2.24) is 10.3 Å². The van der Waals surface area contributed by atoms with E-state index in [1.807, 2.05) is 31.2 Å². The summed E-state index contributed by atoms with van der Waals surface area (Å²) >= 11 is 5.32. The van der Waals surface area contributed by atoms with Crippen LogP contribution in [0.2, 0.25) is 0 Å². The number of aryl methyl sites for hydroxylation is 2. The fourth-order valence-corrected chi connectivity index (χ4v) is 2.39. The van der Waals surface area contributed by atoms with Gasteiger partial charge in [-0.05, 0) is 56.6 Å². The molecule has 0 fully saturated rings. The van der Waals surface area contributed by atoms with E-state index in [9.17, 15) is 0 Å². The van der Waals surface area contributed by atoms with Gasteiger partial charge in [-0.15, -0.1) is 0 Å².